The van der Waals surface area contributed by atoms with Crippen molar-refractivity contribution in [3.63, 3.8) is 0 Å². The fourth-order valence-electron chi connectivity index (χ4n) is 2.22. The molecular formula is C15H17BrN6O4. The van der Waals surface area contributed by atoms with Gasteiger partial charge < -0.3 is 24.6 Å². The standard InChI is InChI=1S/C15H17BrN6O4/c1-25-15-19-13(18-14(20-15)22-2-4-26-5-3-22)21-17-8-9-6-10(16)12(24)7-11(9)23/h6-8,23-24H,2-5H2,1H3,(H,18,19,20,21)/b17-8-. The van der Waals surface area contributed by atoms with Crippen LogP contribution >= 0.6 is 15.9 Å². The molecule has 11 heteroatoms. The highest BCUT2D eigenvalue weighted by Crippen LogP contribution is 2.30. The van der Waals surface area contributed by atoms with Crippen molar-refractivity contribution in [2.45, 2.75) is 0 Å². The summed E-state index contributed by atoms with van der Waals surface area (Å²) in [7, 11) is 1.47. The maximum Gasteiger partial charge on any atom is 0.322 e. The third kappa shape index (κ3) is 4.29. The van der Waals surface area contributed by atoms with Gasteiger partial charge in [0, 0.05) is 24.7 Å². The third-order valence-electron chi connectivity index (χ3n) is 3.54. The highest BCUT2D eigenvalue weighted by atomic mass is 79.9. The fourth-order valence-corrected chi connectivity index (χ4v) is 2.58. The summed E-state index contributed by atoms with van der Waals surface area (Å²) in [6.07, 6.45) is 1.38. The number of hydrogen-bond donors (Lipinski definition) is 3. The summed E-state index contributed by atoms with van der Waals surface area (Å²) in [5.41, 5.74) is 3.09. The molecule has 1 saturated heterocycles. The van der Waals surface area contributed by atoms with E-state index >= 15 is 0 Å². The Bertz CT molecular complexity index is 813. The molecule has 1 aromatic heterocycles. The zero-order valence-corrected chi connectivity index (χ0v) is 15.5. The van der Waals surface area contributed by atoms with Gasteiger partial charge in [0.15, 0.2) is 0 Å². The Morgan fingerprint density at radius 1 is 1.23 bits per heavy atom. The molecule has 0 unspecified atom stereocenters. The first-order valence-corrected chi connectivity index (χ1v) is 8.49. The van der Waals surface area contributed by atoms with Crippen molar-refractivity contribution in [2.75, 3.05) is 43.7 Å². The number of anilines is 2. The zero-order valence-electron chi connectivity index (χ0n) is 13.9. The smallest absolute Gasteiger partial charge is 0.322 e. The van der Waals surface area contributed by atoms with Crippen molar-refractivity contribution in [3.8, 4) is 17.5 Å². The van der Waals surface area contributed by atoms with Crippen LogP contribution in [0.5, 0.6) is 17.5 Å². The lowest BCUT2D eigenvalue weighted by atomic mass is 10.2. The van der Waals surface area contributed by atoms with Gasteiger partial charge in [-0.2, -0.15) is 20.1 Å². The number of hydrogen-bond acceptors (Lipinski definition) is 10. The van der Waals surface area contributed by atoms with Crippen molar-refractivity contribution in [3.05, 3.63) is 22.2 Å². The predicted molar refractivity (Wildman–Crippen MR) is 98.1 cm³/mol. The fraction of sp³-hybridized carbons (Fsp3) is 0.333. The number of rotatable bonds is 5. The lowest BCUT2D eigenvalue weighted by Gasteiger charge is -2.26. The summed E-state index contributed by atoms with van der Waals surface area (Å²) < 4.78 is 10.9. The molecule has 0 aliphatic carbocycles. The zero-order chi connectivity index (χ0) is 18.5. The molecule has 1 aliphatic rings. The van der Waals surface area contributed by atoms with Gasteiger partial charge in [-0.1, -0.05) is 0 Å². The van der Waals surface area contributed by atoms with Crippen LogP contribution in [0.2, 0.25) is 0 Å². The molecule has 138 valence electrons. The lowest BCUT2D eigenvalue weighted by Crippen LogP contribution is -2.37. The van der Waals surface area contributed by atoms with Gasteiger partial charge >= 0.3 is 6.01 Å². The van der Waals surface area contributed by atoms with Crippen LogP contribution in [0.3, 0.4) is 0 Å². The summed E-state index contributed by atoms with van der Waals surface area (Å²) in [5.74, 6) is 0.489. The molecule has 10 nitrogen and oxygen atoms in total. The number of aromatic nitrogens is 3. The van der Waals surface area contributed by atoms with Gasteiger partial charge in [-0.15, -0.1) is 0 Å². The molecule has 0 radical (unpaired) electrons. The van der Waals surface area contributed by atoms with Crippen LogP contribution in [0, 0.1) is 0 Å². The van der Waals surface area contributed by atoms with E-state index in [0.717, 1.165) is 0 Å². The minimum atomic E-state index is -0.113. The van der Waals surface area contributed by atoms with E-state index in [0.29, 0.717) is 42.3 Å². The number of halogens is 1. The molecule has 3 rings (SSSR count). The predicted octanol–water partition coefficient (Wildman–Crippen LogP) is 1.34. The number of benzene rings is 1. The second-order valence-corrected chi connectivity index (χ2v) is 6.13. The number of morpholine rings is 1. The van der Waals surface area contributed by atoms with Crippen LogP contribution in [0.15, 0.2) is 21.7 Å². The first-order chi connectivity index (χ1) is 12.6. The average Bonchev–Trinajstić information content (AvgIpc) is 2.66. The lowest BCUT2D eigenvalue weighted by molar-refractivity contribution is 0.122. The highest BCUT2D eigenvalue weighted by molar-refractivity contribution is 9.10. The molecule has 0 saturated carbocycles. The van der Waals surface area contributed by atoms with Gasteiger partial charge in [-0.05, 0) is 22.0 Å². The Hall–Kier alpha value is -2.66. The van der Waals surface area contributed by atoms with Crippen molar-refractivity contribution < 1.29 is 19.7 Å². The van der Waals surface area contributed by atoms with E-state index in [-0.39, 0.29) is 23.5 Å². The molecule has 26 heavy (non-hydrogen) atoms. The van der Waals surface area contributed by atoms with E-state index < -0.39 is 0 Å². The second-order valence-electron chi connectivity index (χ2n) is 5.28. The molecule has 0 amide bonds. The first-order valence-electron chi connectivity index (χ1n) is 7.70. The second kappa shape index (κ2) is 8.15. The molecule has 1 aliphatic heterocycles. The molecule has 0 atom stereocenters. The van der Waals surface area contributed by atoms with E-state index in [4.69, 9.17) is 9.47 Å². The Kier molecular flexibility index (Phi) is 5.68. The van der Waals surface area contributed by atoms with Crippen LogP contribution < -0.4 is 15.1 Å². The normalized spacial score (nSPS) is 14.6. The van der Waals surface area contributed by atoms with Gasteiger partial charge in [-0.25, -0.2) is 5.43 Å². The van der Waals surface area contributed by atoms with Crippen molar-refractivity contribution in [1.82, 2.24) is 15.0 Å². The Balaban J connectivity index is 1.77. The molecule has 2 heterocycles. The van der Waals surface area contributed by atoms with Crippen LogP contribution in [0.4, 0.5) is 11.9 Å². The Morgan fingerprint density at radius 3 is 2.73 bits per heavy atom. The van der Waals surface area contributed by atoms with E-state index in [1.165, 1.54) is 25.5 Å². The van der Waals surface area contributed by atoms with E-state index in [1.54, 1.807) is 0 Å². The molecule has 3 N–H and O–H groups in total. The van der Waals surface area contributed by atoms with Gasteiger partial charge in [0.1, 0.15) is 11.5 Å². The number of phenolic OH excluding ortho intramolecular Hbond substituents is 2. The quantitative estimate of drug-likeness (QED) is 0.481. The van der Waals surface area contributed by atoms with Crippen LogP contribution in [-0.4, -0.2) is 64.8 Å². The van der Waals surface area contributed by atoms with E-state index in [1.807, 2.05) is 4.90 Å². The number of phenols is 2. The maximum atomic E-state index is 9.83. The Labute approximate surface area is 157 Å². The van der Waals surface area contributed by atoms with Gasteiger partial charge in [0.25, 0.3) is 5.95 Å². The van der Waals surface area contributed by atoms with Crippen molar-refractivity contribution in [2.24, 2.45) is 5.10 Å². The first kappa shape index (κ1) is 18.1. The topological polar surface area (TPSA) is 125 Å². The number of hydrazone groups is 1. The number of ether oxygens (including phenoxy) is 2. The van der Waals surface area contributed by atoms with Crippen molar-refractivity contribution in [1.29, 1.82) is 0 Å². The minimum absolute atomic E-state index is 0.0648. The number of nitrogens with zero attached hydrogens (tertiary/aromatic N) is 5. The van der Waals surface area contributed by atoms with Gasteiger partial charge in [-0.3, -0.25) is 0 Å². The number of nitrogens with one attached hydrogen (secondary N) is 1. The summed E-state index contributed by atoms with van der Waals surface area (Å²) in [6, 6.07) is 2.91. The molecular weight excluding hydrogens is 408 g/mol. The summed E-state index contributed by atoms with van der Waals surface area (Å²) >= 11 is 3.18. The summed E-state index contributed by atoms with van der Waals surface area (Å²) in [6.45, 7) is 2.55. The molecule has 1 fully saturated rings. The number of aromatic hydroxyl groups is 2. The van der Waals surface area contributed by atoms with Crippen LogP contribution in [0.1, 0.15) is 5.56 Å². The van der Waals surface area contributed by atoms with Crippen LogP contribution in [0.25, 0.3) is 0 Å². The average molecular weight is 425 g/mol. The maximum absolute atomic E-state index is 9.83. The van der Waals surface area contributed by atoms with Gasteiger partial charge in [0.2, 0.25) is 5.95 Å². The number of methoxy groups -OCH3 is 1. The summed E-state index contributed by atoms with van der Waals surface area (Å²) in [4.78, 5) is 14.6. The highest BCUT2D eigenvalue weighted by Gasteiger charge is 2.16. The minimum Gasteiger partial charge on any atom is -0.507 e. The van der Waals surface area contributed by atoms with Crippen molar-refractivity contribution >= 4 is 34.0 Å². The third-order valence-corrected chi connectivity index (χ3v) is 4.18. The van der Waals surface area contributed by atoms with E-state index in [9.17, 15) is 10.2 Å². The SMILES string of the molecule is COc1nc(N/N=C\c2cc(Br)c(O)cc2O)nc(N2CCOCC2)n1. The monoisotopic (exact) mass is 424 g/mol. The molecule has 2 aromatic rings. The largest absolute Gasteiger partial charge is 0.507 e. The molecule has 0 bridgehead atoms. The van der Waals surface area contributed by atoms with Crippen LogP contribution in [-0.2, 0) is 4.74 Å². The molecule has 1 aromatic carbocycles. The van der Waals surface area contributed by atoms with E-state index in [2.05, 4.69) is 41.4 Å². The Morgan fingerprint density at radius 2 is 2.00 bits per heavy atom. The summed E-state index contributed by atoms with van der Waals surface area (Å²) in [5, 5.41) is 23.4. The van der Waals surface area contributed by atoms with Gasteiger partial charge in [0.05, 0.1) is 31.0 Å². The molecule has 0 spiro atoms.